The van der Waals surface area contributed by atoms with E-state index in [0.29, 0.717) is 10.2 Å². The highest BCUT2D eigenvalue weighted by Gasteiger charge is 2.62. The van der Waals surface area contributed by atoms with Crippen LogP contribution in [0.2, 0.25) is 0 Å². The first-order chi connectivity index (χ1) is 13.2. The third-order valence-electron chi connectivity index (χ3n) is 4.66. The van der Waals surface area contributed by atoms with Crippen LogP contribution in [0.5, 0.6) is 0 Å². The summed E-state index contributed by atoms with van der Waals surface area (Å²) in [6.07, 6.45) is 0. The lowest BCUT2D eigenvalue weighted by atomic mass is 9.68. The highest BCUT2D eigenvalue weighted by molar-refractivity contribution is 9.10. The van der Waals surface area contributed by atoms with Gasteiger partial charge in [0.15, 0.2) is 5.41 Å². The minimum Gasteiger partial charge on any atom is -0.466 e. The molecule has 0 fully saturated rings. The van der Waals surface area contributed by atoms with Crippen molar-refractivity contribution in [2.45, 2.75) is 5.41 Å². The number of benzene rings is 1. The fourth-order valence-corrected chi connectivity index (χ4v) is 3.84. The summed E-state index contributed by atoms with van der Waals surface area (Å²) in [6, 6.07) is 6.77. The molecule has 0 aromatic heterocycles. The summed E-state index contributed by atoms with van der Waals surface area (Å²) >= 11 is 3.33. The van der Waals surface area contributed by atoms with Crippen molar-refractivity contribution in [3.8, 4) is 6.07 Å². The summed E-state index contributed by atoms with van der Waals surface area (Å²) in [5.74, 6) is -3.83. The van der Waals surface area contributed by atoms with Crippen molar-refractivity contribution in [1.29, 1.82) is 5.26 Å². The smallest absolute Gasteiger partial charge is 0.374 e. The van der Waals surface area contributed by atoms with Gasteiger partial charge in [-0.1, -0.05) is 15.9 Å². The lowest BCUT2D eigenvalue weighted by molar-refractivity contribution is -0.143. The summed E-state index contributed by atoms with van der Waals surface area (Å²) in [4.78, 5) is 39.8. The van der Waals surface area contributed by atoms with E-state index < -0.39 is 40.5 Å². The fraction of sp³-hybridized carbons (Fsp3) is 0.222. The van der Waals surface area contributed by atoms with Gasteiger partial charge in [0.05, 0.1) is 14.2 Å². The maximum absolute atomic E-state index is 13.5. The van der Waals surface area contributed by atoms with Crippen LogP contribution in [0.3, 0.4) is 0 Å². The Bertz CT molecular complexity index is 1040. The number of fused-ring (bicyclic) bond motifs is 2. The van der Waals surface area contributed by atoms with Crippen LogP contribution in [0.1, 0.15) is 5.56 Å². The summed E-state index contributed by atoms with van der Waals surface area (Å²) in [5.41, 5.74) is 3.79. The average molecular weight is 448 g/mol. The number of nitriles is 1. The van der Waals surface area contributed by atoms with Crippen LogP contribution < -0.4 is 10.6 Å². The third kappa shape index (κ3) is 2.33. The topological polar surface area (TPSA) is 132 Å². The van der Waals surface area contributed by atoms with Crippen molar-refractivity contribution in [2.24, 2.45) is 5.73 Å². The quantitative estimate of drug-likeness (QED) is 0.663. The number of hydrogen-bond acceptors (Lipinski definition) is 8. The van der Waals surface area contributed by atoms with Gasteiger partial charge in [0.2, 0.25) is 17.5 Å². The number of esters is 2. The number of hydrogen-bond donors (Lipinski definition) is 1. The Morgan fingerprint density at radius 3 is 2.50 bits per heavy atom. The molecule has 1 unspecified atom stereocenters. The second kappa shape index (κ2) is 6.69. The molecule has 0 saturated carbocycles. The van der Waals surface area contributed by atoms with Gasteiger partial charge in [-0.05, 0) is 18.2 Å². The average Bonchev–Trinajstić information content (AvgIpc) is 2.89. The minimum absolute atomic E-state index is 0.277. The molecule has 0 saturated heterocycles. The molecule has 3 rings (SSSR count). The Kier molecular flexibility index (Phi) is 4.64. The van der Waals surface area contributed by atoms with Crippen molar-refractivity contribution in [3.63, 3.8) is 0 Å². The van der Waals surface area contributed by atoms with E-state index in [1.807, 2.05) is 6.07 Å². The van der Waals surface area contributed by atoms with E-state index in [1.165, 1.54) is 11.9 Å². The van der Waals surface area contributed by atoms with Crippen LogP contribution >= 0.6 is 15.9 Å². The summed E-state index contributed by atoms with van der Waals surface area (Å²) in [7, 11) is 3.64. The monoisotopic (exact) mass is 447 g/mol. The van der Waals surface area contributed by atoms with E-state index >= 15 is 0 Å². The van der Waals surface area contributed by atoms with Gasteiger partial charge in [0.1, 0.15) is 17.2 Å². The van der Waals surface area contributed by atoms with Gasteiger partial charge in [-0.2, -0.15) is 5.26 Å². The maximum Gasteiger partial charge on any atom is 0.374 e. The van der Waals surface area contributed by atoms with Crippen molar-refractivity contribution >= 4 is 39.5 Å². The zero-order chi connectivity index (χ0) is 20.8. The molecule has 9 nitrogen and oxygen atoms in total. The van der Waals surface area contributed by atoms with Crippen molar-refractivity contribution in [2.75, 3.05) is 26.2 Å². The summed E-state index contributed by atoms with van der Waals surface area (Å²) < 4.78 is 15.3. The molecule has 1 spiro atoms. The maximum atomic E-state index is 13.5. The number of rotatable bonds is 2. The highest BCUT2D eigenvalue weighted by Crippen LogP contribution is 2.54. The van der Waals surface area contributed by atoms with Crippen molar-refractivity contribution in [3.05, 3.63) is 51.0 Å². The number of nitrogens with zero attached hydrogens (tertiary/aromatic N) is 2. The number of amides is 1. The number of carbonyl (C=O) groups excluding carboxylic acids is 3. The molecule has 1 aromatic carbocycles. The Morgan fingerprint density at radius 2 is 1.93 bits per heavy atom. The molecular weight excluding hydrogens is 434 g/mol. The Balaban J connectivity index is 2.55. The lowest BCUT2D eigenvalue weighted by Crippen LogP contribution is -2.48. The molecule has 2 N–H and O–H groups in total. The number of ether oxygens (including phenoxy) is 3. The Labute approximate surface area is 168 Å². The standard InChI is InChI=1S/C18H14BrN3O6/c1-22-11-5-4-8(19)6-9(11)18(17(22)25)10(7-20)14(21)28-13(16(24)27-3)12(18)15(23)26-2/h4-6H,21H2,1-3H3. The molecule has 144 valence electrons. The molecule has 2 aliphatic heterocycles. The predicted octanol–water partition coefficient (Wildman–Crippen LogP) is 0.987. The minimum atomic E-state index is -2.01. The summed E-state index contributed by atoms with van der Waals surface area (Å²) in [5, 5.41) is 9.80. The third-order valence-corrected chi connectivity index (χ3v) is 5.15. The number of likely N-dealkylation sites (N-methyl/N-ethyl adjacent to an activating group) is 1. The van der Waals surface area contributed by atoms with E-state index in [9.17, 15) is 19.6 Å². The number of methoxy groups -OCH3 is 2. The van der Waals surface area contributed by atoms with Crippen LogP contribution in [0.4, 0.5) is 5.69 Å². The SMILES string of the molecule is COC(=O)C1=C(C(=O)OC)C2(C(=O)N(C)c3ccc(Br)cc32)C(C#N)=C(N)O1. The van der Waals surface area contributed by atoms with E-state index in [1.54, 1.807) is 18.2 Å². The first-order valence-electron chi connectivity index (χ1n) is 7.83. The van der Waals surface area contributed by atoms with Crippen LogP contribution in [0.15, 0.2) is 45.5 Å². The van der Waals surface area contributed by atoms with Gasteiger partial charge in [-0.25, -0.2) is 9.59 Å². The van der Waals surface area contributed by atoms with Gasteiger partial charge in [-0.3, -0.25) is 4.79 Å². The van der Waals surface area contributed by atoms with E-state index in [4.69, 9.17) is 15.2 Å². The number of nitrogens with two attached hydrogens (primary N) is 1. The Morgan fingerprint density at radius 1 is 1.29 bits per heavy atom. The van der Waals surface area contributed by atoms with Gasteiger partial charge in [0, 0.05) is 22.8 Å². The number of carbonyl (C=O) groups is 3. The largest absolute Gasteiger partial charge is 0.466 e. The normalized spacial score (nSPS) is 20.7. The second-order valence-corrected chi connectivity index (χ2v) is 6.83. The molecule has 1 aromatic rings. The zero-order valence-electron chi connectivity index (χ0n) is 15.0. The molecule has 2 heterocycles. The van der Waals surface area contributed by atoms with E-state index in [0.717, 1.165) is 14.2 Å². The Hall–Kier alpha value is -3.32. The predicted molar refractivity (Wildman–Crippen MR) is 98.2 cm³/mol. The number of halogens is 1. The molecular formula is C18H14BrN3O6. The zero-order valence-corrected chi connectivity index (χ0v) is 16.6. The first kappa shape index (κ1) is 19.4. The number of anilines is 1. The molecule has 1 atom stereocenters. The highest BCUT2D eigenvalue weighted by atomic mass is 79.9. The molecule has 28 heavy (non-hydrogen) atoms. The van der Waals surface area contributed by atoms with Gasteiger partial charge < -0.3 is 24.8 Å². The lowest BCUT2D eigenvalue weighted by Gasteiger charge is -2.34. The molecule has 0 radical (unpaired) electrons. The van der Waals surface area contributed by atoms with Crippen LogP contribution in [-0.2, 0) is 34.0 Å². The van der Waals surface area contributed by atoms with Crippen molar-refractivity contribution < 1.29 is 28.6 Å². The molecule has 10 heteroatoms. The second-order valence-electron chi connectivity index (χ2n) is 5.92. The van der Waals surface area contributed by atoms with Crippen LogP contribution in [-0.4, -0.2) is 39.1 Å². The summed E-state index contributed by atoms with van der Waals surface area (Å²) in [6.45, 7) is 0. The van der Waals surface area contributed by atoms with Gasteiger partial charge in [0.25, 0.3) is 0 Å². The van der Waals surface area contributed by atoms with Crippen LogP contribution in [0, 0.1) is 11.3 Å². The van der Waals surface area contributed by atoms with Gasteiger partial charge >= 0.3 is 11.9 Å². The van der Waals surface area contributed by atoms with E-state index in [2.05, 4.69) is 20.7 Å². The fourth-order valence-electron chi connectivity index (χ4n) is 3.48. The van der Waals surface area contributed by atoms with Gasteiger partial charge in [-0.15, -0.1) is 0 Å². The van der Waals surface area contributed by atoms with E-state index in [-0.39, 0.29) is 11.1 Å². The molecule has 0 aliphatic carbocycles. The molecule has 1 amide bonds. The first-order valence-corrected chi connectivity index (χ1v) is 8.62. The molecule has 2 aliphatic rings. The van der Waals surface area contributed by atoms with Crippen molar-refractivity contribution in [1.82, 2.24) is 0 Å². The van der Waals surface area contributed by atoms with Crippen LogP contribution in [0.25, 0.3) is 0 Å². The molecule has 0 bridgehead atoms.